The molecule has 1 unspecified atom stereocenters. The van der Waals surface area contributed by atoms with Gasteiger partial charge in [-0.2, -0.15) is 0 Å². The van der Waals surface area contributed by atoms with E-state index in [4.69, 9.17) is 4.74 Å². The van der Waals surface area contributed by atoms with Crippen molar-refractivity contribution >= 4 is 5.69 Å². The van der Waals surface area contributed by atoms with Gasteiger partial charge in [-0.25, -0.2) is 0 Å². The molecule has 3 heteroatoms. The van der Waals surface area contributed by atoms with Crippen LogP contribution in [0.3, 0.4) is 0 Å². The molecule has 1 N–H and O–H groups in total. The van der Waals surface area contributed by atoms with Crippen molar-refractivity contribution in [1.82, 2.24) is 4.98 Å². The van der Waals surface area contributed by atoms with Gasteiger partial charge in [0.2, 0.25) is 0 Å². The van der Waals surface area contributed by atoms with Crippen molar-refractivity contribution in [2.45, 2.75) is 26.8 Å². The van der Waals surface area contributed by atoms with Crippen LogP contribution < -0.4 is 10.1 Å². The maximum Gasteiger partial charge on any atom is 0.121 e. The van der Waals surface area contributed by atoms with Crippen LogP contribution in [0.4, 0.5) is 5.69 Å². The third-order valence-corrected chi connectivity index (χ3v) is 2.98. The second-order valence-electron chi connectivity index (χ2n) is 5.39. The highest BCUT2D eigenvalue weighted by Gasteiger charge is 2.06. The molecule has 0 amide bonds. The summed E-state index contributed by atoms with van der Waals surface area (Å²) < 4.78 is 5.74. The summed E-state index contributed by atoms with van der Waals surface area (Å²) in [4.78, 5) is 4.15. The van der Waals surface area contributed by atoms with Crippen LogP contribution >= 0.6 is 0 Å². The Morgan fingerprint density at radius 1 is 1.15 bits per heavy atom. The molecular formula is C17H22N2O. The van der Waals surface area contributed by atoms with E-state index < -0.39 is 0 Å². The van der Waals surface area contributed by atoms with Crippen LogP contribution in [0.5, 0.6) is 5.75 Å². The quantitative estimate of drug-likeness (QED) is 0.850. The van der Waals surface area contributed by atoms with Gasteiger partial charge in [-0.1, -0.05) is 26.0 Å². The molecule has 1 aromatic heterocycles. The monoisotopic (exact) mass is 270 g/mol. The van der Waals surface area contributed by atoms with Crippen molar-refractivity contribution in [3.63, 3.8) is 0 Å². The van der Waals surface area contributed by atoms with Gasteiger partial charge in [0, 0.05) is 24.1 Å². The Labute approximate surface area is 121 Å². The van der Waals surface area contributed by atoms with Crippen LogP contribution in [0.15, 0.2) is 48.8 Å². The minimum Gasteiger partial charge on any atom is -0.493 e. The number of ether oxygens (including phenoxy) is 1. The molecule has 0 spiro atoms. The van der Waals surface area contributed by atoms with Gasteiger partial charge in [0.05, 0.1) is 12.6 Å². The molecule has 0 aliphatic carbocycles. The number of nitrogens with one attached hydrogen (secondary N) is 1. The number of nitrogens with zero attached hydrogens (tertiary/aromatic N) is 1. The summed E-state index contributed by atoms with van der Waals surface area (Å²) in [5, 5.41) is 3.47. The number of anilines is 1. The maximum atomic E-state index is 5.74. The molecular weight excluding hydrogens is 248 g/mol. The number of hydrogen-bond donors (Lipinski definition) is 1. The molecule has 106 valence electrons. The third kappa shape index (κ3) is 4.26. The van der Waals surface area contributed by atoms with E-state index in [2.05, 4.69) is 43.2 Å². The summed E-state index contributed by atoms with van der Waals surface area (Å²) in [6.45, 7) is 7.15. The maximum absolute atomic E-state index is 5.74. The zero-order valence-corrected chi connectivity index (χ0v) is 12.3. The number of hydrogen-bond acceptors (Lipinski definition) is 3. The van der Waals surface area contributed by atoms with E-state index in [1.54, 1.807) is 6.20 Å². The Hall–Kier alpha value is -2.03. The van der Waals surface area contributed by atoms with E-state index in [1.165, 1.54) is 5.56 Å². The minimum absolute atomic E-state index is 0.212. The zero-order valence-electron chi connectivity index (χ0n) is 12.3. The van der Waals surface area contributed by atoms with Crippen LogP contribution in [-0.2, 0) is 0 Å². The molecule has 20 heavy (non-hydrogen) atoms. The number of rotatable bonds is 6. The van der Waals surface area contributed by atoms with Gasteiger partial charge < -0.3 is 10.1 Å². The van der Waals surface area contributed by atoms with Gasteiger partial charge in [-0.3, -0.25) is 4.98 Å². The van der Waals surface area contributed by atoms with Crippen LogP contribution in [0.1, 0.15) is 32.4 Å². The molecule has 2 aromatic rings. The van der Waals surface area contributed by atoms with E-state index in [-0.39, 0.29) is 6.04 Å². The fourth-order valence-corrected chi connectivity index (χ4v) is 1.90. The lowest BCUT2D eigenvalue weighted by Gasteiger charge is -2.16. The van der Waals surface area contributed by atoms with E-state index in [1.807, 2.05) is 30.5 Å². The summed E-state index contributed by atoms with van der Waals surface area (Å²) in [5.41, 5.74) is 2.23. The summed E-state index contributed by atoms with van der Waals surface area (Å²) >= 11 is 0. The first-order valence-electron chi connectivity index (χ1n) is 7.04. The highest BCUT2D eigenvalue weighted by atomic mass is 16.5. The standard InChI is InChI=1S/C17H22N2O/c1-13(2)12-20-17-8-4-7-16(10-17)19-14(3)15-6-5-9-18-11-15/h4-11,13-14,19H,12H2,1-3H3. The predicted octanol–water partition coefficient (Wildman–Crippen LogP) is 4.29. The van der Waals surface area contributed by atoms with Crippen LogP contribution in [-0.4, -0.2) is 11.6 Å². The van der Waals surface area contributed by atoms with E-state index >= 15 is 0 Å². The Bertz CT molecular complexity index is 526. The van der Waals surface area contributed by atoms with E-state index in [9.17, 15) is 0 Å². The molecule has 0 saturated heterocycles. The first-order chi connectivity index (χ1) is 9.65. The summed E-state index contributed by atoms with van der Waals surface area (Å²) in [6.07, 6.45) is 3.67. The van der Waals surface area contributed by atoms with E-state index in [0.717, 1.165) is 18.0 Å². The van der Waals surface area contributed by atoms with Crippen LogP contribution in [0, 0.1) is 5.92 Å². The molecule has 1 heterocycles. The Morgan fingerprint density at radius 3 is 2.70 bits per heavy atom. The Balaban J connectivity index is 2.00. The largest absolute Gasteiger partial charge is 0.493 e. The van der Waals surface area contributed by atoms with Gasteiger partial charge in [0.25, 0.3) is 0 Å². The SMILES string of the molecule is CC(C)COc1cccc(NC(C)c2cccnc2)c1. The number of benzene rings is 1. The zero-order chi connectivity index (χ0) is 14.4. The smallest absolute Gasteiger partial charge is 0.121 e. The number of aromatic nitrogens is 1. The summed E-state index contributed by atoms with van der Waals surface area (Å²) in [5.74, 6) is 1.43. The van der Waals surface area contributed by atoms with Gasteiger partial charge in [0.1, 0.15) is 5.75 Å². The van der Waals surface area contributed by atoms with Gasteiger partial charge in [-0.15, -0.1) is 0 Å². The Kier molecular flexibility index (Phi) is 4.99. The highest BCUT2D eigenvalue weighted by molar-refractivity contribution is 5.49. The number of pyridine rings is 1. The third-order valence-electron chi connectivity index (χ3n) is 2.98. The lowest BCUT2D eigenvalue weighted by Crippen LogP contribution is -2.08. The van der Waals surface area contributed by atoms with Crippen molar-refractivity contribution < 1.29 is 4.74 Å². The summed E-state index contributed by atoms with van der Waals surface area (Å²) in [6, 6.07) is 12.3. The van der Waals surface area contributed by atoms with Crippen LogP contribution in [0.25, 0.3) is 0 Å². The Morgan fingerprint density at radius 2 is 2.00 bits per heavy atom. The first kappa shape index (κ1) is 14.4. The molecule has 0 bridgehead atoms. The fraction of sp³-hybridized carbons (Fsp3) is 0.353. The molecule has 0 fully saturated rings. The average Bonchev–Trinajstić information content (AvgIpc) is 2.46. The van der Waals surface area contributed by atoms with Crippen molar-refractivity contribution in [2.75, 3.05) is 11.9 Å². The normalized spacial score (nSPS) is 12.2. The molecule has 3 nitrogen and oxygen atoms in total. The lowest BCUT2D eigenvalue weighted by atomic mass is 10.1. The molecule has 1 aromatic carbocycles. The molecule has 0 radical (unpaired) electrons. The van der Waals surface area contributed by atoms with Crippen molar-refractivity contribution in [3.05, 3.63) is 54.4 Å². The van der Waals surface area contributed by atoms with Crippen LogP contribution in [0.2, 0.25) is 0 Å². The lowest BCUT2D eigenvalue weighted by molar-refractivity contribution is 0.271. The van der Waals surface area contributed by atoms with Gasteiger partial charge >= 0.3 is 0 Å². The molecule has 1 atom stereocenters. The molecule has 0 aliphatic heterocycles. The van der Waals surface area contributed by atoms with Crippen molar-refractivity contribution in [3.8, 4) is 5.75 Å². The van der Waals surface area contributed by atoms with Crippen molar-refractivity contribution in [2.24, 2.45) is 5.92 Å². The van der Waals surface area contributed by atoms with Crippen molar-refractivity contribution in [1.29, 1.82) is 0 Å². The first-order valence-corrected chi connectivity index (χ1v) is 7.04. The second-order valence-corrected chi connectivity index (χ2v) is 5.39. The average molecular weight is 270 g/mol. The minimum atomic E-state index is 0.212. The predicted molar refractivity (Wildman–Crippen MR) is 83.0 cm³/mol. The molecule has 2 rings (SSSR count). The topological polar surface area (TPSA) is 34.1 Å². The van der Waals surface area contributed by atoms with E-state index in [0.29, 0.717) is 5.92 Å². The summed E-state index contributed by atoms with van der Waals surface area (Å²) in [7, 11) is 0. The molecule has 0 aliphatic rings. The second kappa shape index (κ2) is 6.94. The van der Waals surface area contributed by atoms with Gasteiger partial charge in [0.15, 0.2) is 0 Å². The molecule has 0 saturated carbocycles. The fourth-order valence-electron chi connectivity index (χ4n) is 1.90. The van der Waals surface area contributed by atoms with Gasteiger partial charge in [-0.05, 0) is 36.6 Å². The highest BCUT2D eigenvalue weighted by Crippen LogP contribution is 2.22.